The van der Waals surface area contributed by atoms with Gasteiger partial charge in [0.25, 0.3) is 5.91 Å². The smallest absolute Gasteiger partial charge is 0.407 e. The highest BCUT2D eigenvalue weighted by molar-refractivity contribution is 6.05. The Hall–Kier alpha value is -3.98. The van der Waals surface area contributed by atoms with Gasteiger partial charge in [-0.2, -0.15) is 0 Å². The normalized spacial score (nSPS) is 16.2. The van der Waals surface area contributed by atoms with Crippen LogP contribution in [0.25, 0.3) is 0 Å². The van der Waals surface area contributed by atoms with Crippen LogP contribution in [-0.2, 0) is 6.54 Å². The Bertz CT molecular complexity index is 1120. The van der Waals surface area contributed by atoms with Gasteiger partial charge in [-0.1, -0.05) is 12.1 Å². The number of anilines is 1. The van der Waals surface area contributed by atoms with Crippen molar-refractivity contribution in [2.24, 2.45) is 0 Å². The van der Waals surface area contributed by atoms with Crippen LogP contribution in [0.15, 0.2) is 67.1 Å². The summed E-state index contributed by atoms with van der Waals surface area (Å²) in [6.45, 7) is 4.56. The van der Waals surface area contributed by atoms with Crippen LogP contribution >= 0.6 is 0 Å². The monoisotopic (exact) mass is 461 g/mol. The van der Waals surface area contributed by atoms with E-state index < -0.39 is 6.09 Å². The number of carbonyl (C=O) groups excluding carboxylic acids is 1. The van der Waals surface area contributed by atoms with Crippen molar-refractivity contribution >= 4 is 17.7 Å². The van der Waals surface area contributed by atoms with Gasteiger partial charge < -0.3 is 19.6 Å². The predicted molar refractivity (Wildman–Crippen MR) is 127 cm³/mol. The van der Waals surface area contributed by atoms with Gasteiger partial charge in [0.05, 0.1) is 11.8 Å². The fourth-order valence-corrected chi connectivity index (χ4v) is 3.95. The number of rotatable bonds is 6. The van der Waals surface area contributed by atoms with E-state index >= 15 is 0 Å². The molecular weight excluding hydrogens is 434 g/mol. The molecule has 1 N–H and O–H groups in total. The zero-order chi connectivity index (χ0) is 24.1. The number of carbonyl (C=O) groups is 2. The van der Waals surface area contributed by atoms with Crippen LogP contribution in [-0.4, -0.2) is 69.6 Å². The minimum Gasteiger partial charge on any atom is -0.465 e. The molecule has 9 nitrogen and oxygen atoms in total. The van der Waals surface area contributed by atoms with Crippen molar-refractivity contribution in [3.8, 4) is 11.6 Å². The molecule has 0 saturated carbocycles. The summed E-state index contributed by atoms with van der Waals surface area (Å²) in [5.41, 5.74) is 2.34. The maximum absolute atomic E-state index is 12.9. The second kappa shape index (κ2) is 10.3. The quantitative estimate of drug-likeness (QED) is 0.597. The van der Waals surface area contributed by atoms with Crippen molar-refractivity contribution < 1.29 is 19.4 Å². The summed E-state index contributed by atoms with van der Waals surface area (Å²) in [6.07, 6.45) is 3.88. The zero-order valence-electron chi connectivity index (χ0n) is 19.2. The maximum Gasteiger partial charge on any atom is 0.407 e. The predicted octanol–water partition coefficient (Wildman–Crippen LogP) is 3.73. The minimum absolute atomic E-state index is 0.0379. The molecule has 2 aromatic heterocycles. The molecular formula is C25H27N5O4. The average Bonchev–Trinajstić information content (AvgIpc) is 2.84. The highest BCUT2D eigenvalue weighted by atomic mass is 16.5. The molecule has 0 spiro atoms. The summed E-state index contributed by atoms with van der Waals surface area (Å²) >= 11 is 0. The Labute approximate surface area is 198 Å². The van der Waals surface area contributed by atoms with Crippen LogP contribution in [0.2, 0.25) is 0 Å². The number of piperazine rings is 1. The summed E-state index contributed by atoms with van der Waals surface area (Å²) in [7, 11) is 1.73. The molecule has 0 bridgehead atoms. The first-order valence-electron chi connectivity index (χ1n) is 11.0. The zero-order valence-corrected chi connectivity index (χ0v) is 19.2. The summed E-state index contributed by atoms with van der Waals surface area (Å²) in [6, 6.07) is 14.7. The first kappa shape index (κ1) is 23.2. The van der Waals surface area contributed by atoms with Gasteiger partial charge in [0.15, 0.2) is 0 Å². The number of aromatic nitrogens is 2. The van der Waals surface area contributed by atoms with Crippen LogP contribution in [0.1, 0.15) is 22.8 Å². The number of carboxylic acid groups (broad SMARTS) is 1. The number of hydrogen-bond acceptors (Lipinski definition) is 6. The van der Waals surface area contributed by atoms with Crippen molar-refractivity contribution in [3.63, 3.8) is 0 Å². The van der Waals surface area contributed by atoms with Gasteiger partial charge in [0, 0.05) is 63.4 Å². The van der Waals surface area contributed by atoms with E-state index in [1.165, 1.54) is 11.1 Å². The lowest BCUT2D eigenvalue weighted by molar-refractivity contribution is 0.0711. The number of benzene rings is 1. The third-order valence-corrected chi connectivity index (χ3v) is 5.83. The van der Waals surface area contributed by atoms with Gasteiger partial charge >= 0.3 is 6.09 Å². The standard InChI is InChI=1S/C25H27N5O4/c1-18-16-29(12-13-30(18)25(32)33)17-19-5-8-21(9-6-19)28(2)24(31)20-7-10-23(27-14-20)34-22-4-3-11-26-15-22/h3-11,14-15,18H,12-13,16-17H2,1-2H3,(H,32,33)/t18-/m0/s1. The Morgan fingerprint density at radius 2 is 1.91 bits per heavy atom. The maximum atomic E-state index is 12.9. The molecule has 1 aliphatic rings. The van der Waals surface area contributed by atoms with Crippen molar-refractivity contribution in [1.29, 1.82) is 0 Å². The second-order valence-electron chi connectivity index (χ2n) is 8.27. The molecule has 34 heavy (non-hydrogen) atoms. The molecule has 3 heterocycles. The van der Waals surface area contributed by atoms with Crippen molar-refractivity contribution in [3.05, 3.63) is 78.2 Å². The third kappa shape index (κ3) is 5.49. The molecule has 1 aromatic carbocycles. The van der Waals surface area contributed by atoms with Crippen LogP contribution < -0.4 is 9.64 Å². The number of ether oxygens (including phenoxy) is 1. The topological polar surface area (TPSA) is 99.1 Å². The van der Waals surface area contributed by atoms with Gasteiger partial charge in [-0.15, -0.1) is 0 Å². The first-order valence-corrected chi connectivity index (χ1v) is 11.0. The lowest BCUT2D eigenvalue weighted by Gasteiger charge is -2.38. The number of hydrogen-bond donors (Lipinski definition) is 1. The summed E-state index contributed by atoms with van der Waals surface area (Å²) in [4.78, 5) is 37.7. The molecule has 0 radical (unpaired) electrons. The Morgan fingerprint density at radius 3 is 2.53 bits per heavy atom. The second-order valence-corrected chi connectivity index (χ2v) is 8.27. The Balaban J connectivity index is 1.34. The number of pyridine rings is 2. The van der Waals surface area contributed by atoms with Gasteiger partial charge in [-0.3, -0.25) is 14.7 Å². The Kier molecular flexibility index (Phi) is 7.03. The highest BCUT2D eigenvalue weighted by Gasteiger charge is 2.27. The lowest BCUT2D eigenvalue weighted by atomic mass is 10.1. The minimum atomic E-state index is -0.866. The summed E-state index contributed by atoms with van der Waals surface area (Å²) in [5.74, 6) is 0.784. The fraction of sp³-hybridized carbons (Fsp3) is 0.280. The van der Waals surface area contributed by atoms with Gasteiger partial charge in [0.1, 0.15) is 5.75 Å². The molecule has 1 saturated heterocycles. The highest BCUT2D eigenvalue weighted by Crippen LogP contribution is 2.21. The van der Waals surface area contributed by atoms with E-state index in [1.54, 1.807) is 48.6 Å². The van der Waals surface area contributed by atoms with Crippen molar-refractivity contribution in [2.45, 2.75) is 19.5 Å². The molecule has 1 atom stereocenters. The van der Waals surface area contributed by atoms with Gasteiger partial charge in [-0.25, -0.2) is 9.78 Å². The first-order chi connectivity index (χ1) is 16.4. The van der Waals surface area contributed by atoms with E-state index in [0.29, 0.717) is 36.8 Å². The SMILES string of the molecule is C[C@H]1CN(Cc2ccc(N(C)C(=O)c3ccc(Oc4cccnc4)nc3)cc2)CCN1C(=O)O. The van der Waals surface area contributed by atoms with Crippen molar-refractivity contribution in [2.75, 3.05) is 31.6 Å². The Morgan fingerprint density at radius 1 is 1.12 bits per heavy atom. The van der Waals surface area contributed by atoms with Crippen LogP contribution in [0.4, 0.5) is 10.5 Å². The molecule has 4 rings (SSSR count). The van der Waals surface area contributed by atoms with E-state index in [2.05, 4.69) is 14.9 Å². The lowest BCUT2D eigenvalue weighted by Crippen LogP contribution is -2.53. The van der Waals surface area contributed by atoms with Crippen LogP contribution in [0, 0.1) is 0 Å². The fourth-order valence-electron chi connectivity index (χ4n) is 3.95. The number of nitrogens with zero attached hydrogens (tertiary/aromatic N) is 5. The summed E-state index contributed by atoms with van der Waals surface area (Å²) < 4.78 is 5.62. The number of amides is 2. The van der Waals surface area contributed by atoms with E-state index in [9.17, 15) is 14.7 Å². The van der Waals surface area contributed by atoms with E-state index in [-0.39, 0.29) is 11.9 Å². The summed E-state index contributed by atoms with van der Waals surface area (Å²) in [5, 5.41) is 9.23. The van der Waals surface area contributed by atoms with Gasteiger partial charge in [-0.05, 0) is 42.8 Å². The molecule has 176 valence electrons. The molecule has 9 heteroatoms. The molecule has 1 fully saturated rings. The third-order valence-electron chi connectivity index (χ3n) is 5.83. The van der Waals surface area contributed by atoms with Crippen molar-refractivity contribution in [1.82, 2.24) is 19.8 Å². The van der Waals surface area contributed by atoms with E-state index in [1.807, 2.05) is 31.2 Å². The van der Waals surface area contributed by atoms with Gasteiger partial charge in [0.2, 0.25) is 5.88 Å². The van der Waals surface area contributed by atoms with E-state index in [0.717, 1.165) is 17.8 Å². The molecule has 2 amide bonds. The molecule has 0 unspecified atom stereocenters. The average molecular weight is 462 g/mol. The molecule has 3 aromatic rings. The van der Waals surface area contributed by atoms with Crippen LogP contribution in [0.5, 0.6) is 11.6 Å². The van der Waals surface area contributed by atoms with Crippen LogP contribution in [0.3, 0.4) is 0 Å². The van der Waals surface area contributed by atoms with E-state index in [4.69, 9.17) is 4.74 Å². The molecule has 1 aliphatic heterocycles. The largest absolute Gasteiger partial charge is 0.465 e. The molecule has 0 aliphatic carbocycles.